The second-order valence-electron chi connectivity index (χ2n) is 7.25. The molecule has 3 rings (SSSR count). The molecule has 24 heavy (non-hydrogen) atoms. The number of nitrogens with one attached hydrogen (secondary N) is 1. The zero-order valence-electron chi connectivity index (χ0n) is 14.1. The average Bonchev–Trinajstić information content (AvgIpc) is 2.51. The molecule has 2 aliphatic rings. The van der Waals surface area contributed by atoms with Crippen LogP contribution in [-0.2, 0) is 14.3 Å². The van der Waals surface area contributed by atoms with Crippen molar-refractivity contribution in [3.8, 4) is 0 Å². The van der Waals surface area contributed by atoms with E-state index in [-0.39, 0.29) is 29.4 Å². The van der Waals surface area contributed by atoms with Gasteiger partial charge in [-0.1, -0.05) is 26.0 Å². The molecular formula is C19H21NO4. The van der Waals surface area contributed by atoms with Gasteiger partial charge in [0.25, 0.3) is 0 Å². The number of methoxy groups -OCH3 is 1. The van der Waals surface area contributed by atoms with E-state index in [9.17, 15) is 14.4 Å². The Kier molecular flexibility index (Phi) is 4.03. The van der Waals surface area contributed by atoms with Gasteiger partial charge in [0.1, 0.15) is 0 Å². The van der Waals surface area contributed by atoms with Crippen molar-refractivity contribution in [1.82, 2.24) is 5.32 Å². The smallest absolute Gasteiger partial charge is 0.337 e. The minimum Gasteiger partial charge on any atom is -0.465 e. The lowest BCUT2D eigenvalue weighted by Crippen LogP contribution is -2.40. The second kappa shape index (κ2) is 5.89. The van der Waals surface area contributed by atoms with Crippen LogP contribution in [0.4, 0.5) is 0 Å². The summed E-state index contributed by atoms with van der Waals surface area (Å²) in [7, 11) is 1.33. The maximum Gasteiger partial charge on any atom is 0.337 e. The molecule has 0 bridgehead atoms. The molecule has 1 amide bonds. The molecule has 5 heteroatoms. The first-order chi connectivity index (χ1) is 11.3. The van der Waals surface area contributed by atoms with Crippen LogP contribution in [0, 0.1) is 5.41 Å². The summed E-state index contributed by atoms with van der Waals surface area (Å²) in [6, 6.07) is 6.94. The minimum absolute atomic E-state index is 0.0682. The zero-order valence-corrected chi connectivity index (χ0v) is 14.1. The highest BCUT2D eigenvalue weighted by Gasteiger charge is 2.40. The van der Waals surface area contributed by atoms with Crippen LogP contribution in [0.25, 0.3) is 0 Å². The van der Waals surface area contributed by atoms with E-state index in [2.05, 4.69) is 5.32 Å². The third-order valence-corrected chi connectivity index (χ3v) is 4.68. The molecule has 5 nitrogen and oxygen atoms in total. The molecule has 1 N–H and O–H groups in total. The Labute approximate surface area is 141 Å². The molecule has 0 radical (unpaired) electrons. The first kappa shape index (κ1) is 16.4. The quantitative estimate of drug-likeness (QED) is 0.848. The monoisotopic (exact) mass is 327 g/mol. The van der Waals surface area contributed by atoms with Gasteiger partial charge in [0.15, 0.2) is 5.78 Å². The minimum atomic E-state index is -0.404. The number of amides is 1. The molecular weight excluding hydrogens is 306 g/mol. The molecule has 1 aromatic rings. The fourth-order valence-corrected chi connectivity index (χ4v) is 3.61. The summed E-state index contributed by atoms with van der Waals surface area (Å²) in [6.07, 6.45) is 1.43. The van der Waals surface area contributed by atoms with Crippen LogP contribution in [0.5, 0.6) is 0 Å². The van der Waals surface area contributed by atoms with E-state index in [1.807, 2.05) is 13.8 Å². The Morgan fingerprint density at radius 1 is 1.17 bits per heavy atom. The standard InChI is InChI=1S/C19H21NO4/c1-19(2)9-14-17(15(21)10-19)13(8-16(22)20-14)11-4-6-12(7-5-11)18(23)24-3/h4-7,13H,8-10H2,1-3H3,(H,20,22)/t13-/m0/s1. The number of hydrogen-bond acceptors (Lipinski definition) is 4. The van der Waals surface area contributed by atoms with Crippen molar-refractivity contribution in [3.05, 3.63) is 46.7 Å². The molecule has 1 heterocycles. The molecule has 1 aromatic carbocycles. The lowest BCUT2D eigenvalue weighted by Gasteiger charge is -2.37. The molecule has 0 fully saturated rings. The number of hydrogen-bond donors (Lipinski definition) is 1. The van der Waals surface area contributed by atoms with Crippen LogP contribution < -0.4 is 5.32 Å². The fourth-order valence-electron chi connectivity index (χ4n) is 3.61. The number of ether oxygens (including phenoxy) is 1. The Morgan fingerprint density at radius 2 is 1.83 bits per heavy atom. The van der Waals surface area contributed by atoms with E-state index in [1.165, 1.54) is 7.11 Å². The highest BCUT2D eigenvalue weighted by atomic mass is 16.5. The zero-order chi connectivity index (χ0) is 17.5. The van der Waals surface area contributed by atoms with Gasteiger partial charge in [-0.05, 0) is 29.5 Å². The first-order valence-corrected chi connectivity index (χ1v) is 8.05. The summed E-state index contributed by atoms with van der Waals surface area (Å²) >= 11 is 0. The number of ketones is 1. The predicted octanol–water partition coefficient (Wildman–Crippen LogP) is 2.72. The van der Waals surface area contributed by atoms with Crippen LogP contribution in [0.2, 0.25) is 0 Å². The summed E-state index contributed by atoms with van der Waals surface area (Å²) in [5.41, 5.74) is 2.67. The van der Waals surface area contributed by atoms with Gasteiger partial charge in [0.2, 0.25) is 5.91 Å². The summed E-state index contributed by atoms with van der Waals surface area (Å²) in [5.74, 6) is -0.619. The maximum absolute atomic E-state index is 12.7. The van der Waals surface area contributed by atoms with Crippen molar-refractivity contribution in [2.45, 2.75) is 39.0 Å². The van der Waals surface area contributed by atoms with Crippen LogP contribution in [-0.4, -0.2) is 24.8 Å². The fraction of sp³-hybridized carbons (Fsp3) is 0.421. The molecule has 0 spiro atoms. The van der Waals surface area contributed by atoms with Crippen LogP contribution in [0.15, 0.2) is 35.5 Å². The van der Waals surface area contributed by atoms with E-state index in [1.54, 1.807) is 24.3 Å². The predicted molar refractivity (Wildman–Crippen MR) is 88.3 cm³/mol. The van der Waals surface area contributed by atoms with E-state index >= 15 is 0 Å². The molecule has 1 atom stereocenters. The number of allylic oxidation sites excluding steroid dienone is 2. The second-order valence-corrected chi connectivity index (χ2v) is 7.25. The summed E-state index contributed by atoms with van der Waals surface area (Å²) in [5, 5.41) is 2.89. The highest BCUT2D eigenvalue weighted by molar-refractivity contribution is 6.02. The number of carbonyl (C=O) groups is 3. The van der Waals surface area contributed by atoms with Crippen molar-refractivity contribution in [3.63, 3.8) is 0 Å². The molecule has 0 unspecified atom stereocenters. The van der Waals surface area contributed by atoms with Crippen LogP contribution in [0.1, 0.15) is 54.9 Å². The van der Waals surface area contributed by atoms with Crippen molar-refractivity contribution < 1.29 is 19.1 Å². The number of rotatable bonds is 2. The average molecular weight is 327 g/mol. The van der Waals surface area contributed by atoms with Crippen molar-refractivity contribution >= 4 is 17.7 Å². The van der Waals surface area contributed by atoms with Gasteiger partial charge >= 0.3 is 5.97 Å². The number of Topliss-reactive ketones (excluding diaryl/α,β-unsaturated/α-hetero) is 1. The molecule has 0 saturated heterocycles. The van der Waals surface area contributed by atoms with Crippen molar-refractivity contribution in [1.29, 1.82) is 0 Å². The Hall–Kier alpha value is -2.43. The van der Waals surface area contributed by atoms with Gasteiger partial charge < -0.3 is 10.1 Å². The van der Waals surface area contributed by atoms with Gasteiger partial charge in [0, 0.05) is 30.0 Å². The molecule has 1 aliphatic carbocycles. The number of esters is 1. The number of carbonyl (C=O) groups excluding carboxylic acids is 3. The lowest BCUT2D eigenvalue weighted by molar-refractivity contribution is -0.122. The summed E-state index contributed by atoms with van der Waals surface area (Å²) in [4.78, 5) is 36.3. The van der Waals surface area contributed by atoms with E-state index < -0.39 is 5.97 Å². The molecule has 0 aromatic heterocycles. The largest absolute Gasteiger partial charge is 0.465 e. The Morgan fingerprint density at radius 3 is 2.46 bits per heavy atom. The van der Waals surface area contributed by atoms with Gasteiger partial charge in [-0.15, -0.1) is 0 Å². The third-order valence-electron chi connectivity index (χ3n) is 4.68. The normalized spacial score (nSPS) is 22.7. The summed E-state index contributed by atoms with van der Waals surface area (Å²) < 4.78 is 4.70. The number of benzene rings is 1. The van der Waals surface area contributed by atoms with Gasteiger partial charge in [-0.25, -0.2) is 4.79 Å². The maximum atomic E-state index is 12.7. The van der Waals surface area contributed by atoms with Crippen molar-refractivity contribution in [2.24, 2.45) is 5.41 Å². The SMILES string of the molecule is COC(=O)c1ccc([C@@H]2CC(=O)NC3=C2C(=O)CC(C)(C)C3)cc1. The van der Waals surface area contributed by atoms with Crippen molar-refractivity contribution in [2.75, 3.05) is 7.11 Å². The van der Waals surface area contributed by atoms with Gasteiger partial charge in [0.05, 0.1) is 12.7 Å². The van der Waals surface area contributed by atoms with E-state index in [4.69, 9.17) is 4.74 Å². The van der Waals surface area contributed by atoms with Crippen LogP contribution >= 0.6 is 0 Å². The Balaban J connectivity index is 1.99. The first-order valence-electron chi connectivity index (χ1n) is 8.05. The molecule has 126 valence electrons. The van der Waals surface area contributed by atoms with Gasteiger partial charge in [-0.2, -0.15) is 0 Å². The van der Waals surface area contributed by atoms with E-state index in [0.29, 0.717) is 18.4 Å². The summed E-state index contributed by atoms with van der Waals surface area (Å²) in [6.45, 7) is 4.07. The lowest BCUT2D eigenvalue weighted by atomic mass is 9.70. The molecule has 1 aliphatic heterocycles. The van der Waals surface area contributed by atoms with Gasteiger partial charge in [-0.3, -0.25) is 9.59 Å². The molecule has 0 saturated carbocycles. The third kappa shape index (κ3) is 2.98. The Bertz CT molecular complexity index is 743. The topological polar surface area (TPSA) is 72.5 Å². The highest BCUT2D eigenvalue weighted by Crippen LogP contribution is 2.43. The van der Waals surface area contributed by atoms with E-state index in [0.717, 1.165) is 16.8 Å². The van der Waals surface area contributed by atoms with Crippen LogP contribution in [0.3, 0.4) is 0 Å².